The number of hydrogen-bond donors (Lipinski definition) is 1. The zero-order valence-electron chi connectivity index (χ0n) is 18.9. The van der Waals surface area contributed by atoms with Gasteiger partial charge in [-0.15, -0.1) is 0 Å². The summed E-state index contributed by atoms with van der Waals surface area (Å²) < 4.78 is 12.1. The largest absolute Gasteiger partial charge is 0.482 e. The first-order chi connectivity index (χ1) is 16.6. The van der Waals surface area contributed by atoms with Crippen LogP contribution in [0.3, 0.4) is 0 Å². The van der Waals surface area contributed by atoms with E-state index in [9.17, 15) is 9.90 Å². The van der Waals surface area contributed by atoms with E-state index in [2.05, 4.69) is 9.97 Å². The molecule has 0 spiro atoms. The Hall–Kier alpha value is -4.19. The summed E-state index contributed by atoms with van der Waals surface area (Å²) in [5.41, 5.74) is 4.21. The Morgan fingerprint density at radius 3 is 1.97 bits per heavy atom. The van der Waals surface area contributed by atoms with Crippen molar-refractivity contribution in [2.75, 3.05) is 0 Å². The lowest BCUT2D eigenvalue weighted by Gasteiger charge is -2.19. The molecule has 0 saturated carbocycles. The second kappa shape index (κ2) is 11.1. The van der Waals surface area contributed by atoms with Gasteiger partial charge in [0.1, 0.15) is 31.2 Å². The molecule has 0 radical (unpaired) electrons. The van der Waals surface area contributed by atoms with E-state index in [1.165, 1.54) is 6.33 Å². The third-order valence-corrected chi connectivity index (χ3v) is 5.43. The molecule has 6 nitrogen and oxygen atoms in total. The Morgan fingerprint density at radius 1 is 0.794 bits per heavy atom. The average molecular weight is 455 g/mol. The number of aromatic nitrogens is 2. The van der Waals surface area contributed by atoms with Gasteiger partial charge in [0.15, 0.2) is 0 Å². The highest BCUT2D eigenvalue weighted by Gasteiger charge is 2.29. The molecule has 0 amide bonds. The normalized spacial score (nSPS) is 11.6. The SMILES string of the molecule is Cc1ccc(CC(C(=O)O)c2ncnc(OCc3ccccc3)c2OCc2ccccc2)cc1. The zero-order valence-corrected chi connectivity index (χ0v) is 18.9. The molecule has 1 atom stereocenters. The van der Waals surface area contributed by atoms with Crippen molar-refractivity contribution in [3.05, 3.63) is 119 Å². The van der Waals surface area contributed by atoms with Crippen molar-refractivity contribution >= 4 is 5.97 Å². The minimum atomic E-state index is -0.988. The number of rotatable bonds is 10. The first-order valence-corrected chi connectivity index (χ1v) is 11.1. The number of nitrogens with zero attached hydrogens (tertiary/aromatic N) is 2. The molecule has 172 valence electrons. The van der Waals surface area contributed by atoms with Crippen LogP contribution in [0.5, 0.6) is 11.6 Å². The second-order valence-corrected chi connectivity index (χ2v) is 8.02. The van der Waals surface area contributed by atoms with Gasteiger partial charge in [-0.05, 0) is 30.0 Å². The number of benzene rings is 3. The molecular weight excluding hydrogens is 428 g/mol. The number of carboxylic acids is 1. The number of ether oxygens (including phenoxy) is 2. The van der Waals surface area contributed by atoms with Crippen LogP contribution in [-0.2, 0) is 24.4 Å². The molecule has 1 heterocycles. The van der Waals surface area contributed by atoms with Gasteiger partial charge in [-0.25, -0.2) is 4.98 Å². The van der Waals surface area contributed by atoms with Crippen molar-refractivity contribution in [2.24, 2.45) is 0 Å². The van der Waals surface area contributed by atoms with Crippen LogP contribution in [0.25, 0.3) is 0 Å². The van der Waals surface area contributed by atoms with Crippen LogP contribution in [0.1, 0.15) is 33.9 Å². The second-order valence-electron chi connectivity index (χ2n) is 8.02. The van der Waals surface area contributed by atoms with Gasteiger partial charge in [0, 0.05) is 0 Å². The molecule has 0 aliphatic carbocycles. The Morgan fingerprint density at radius 2 is 1.38 bits per heavy atom. The summed E-state index contributed by atoms with van der Waals surface area (Å²) in [6.45, 7) is 2.50. The highest BCUT2D eigenvalue weighted by atomic mass is 16.5. The van der Waals surface area contributed by atoms with Crippen LogP contribution < -0.4 is 9.47 Å². The van der Waals surface area contributed by atoms with E-state index in [0.29, 0.717) is 5.69 Å². The van der Waals surface area contributed by atoms with Crippen LogP contribution in [-0.4, -0.2) is 21.0 Å². The third kappa shape index (κ3) is 5.98. The number of aryl methyl sites for hydroxylation is 1. The maximum atomic E-state index is 12.3. The van der Waals surface area contributed by atoms with Gasteiger partial charge in [-0.2, -0.15) is 4.98 Å². The fourth-order valence-corrected chi connectivity index (χ4v) is 3.57. The van der Waals surface area contributed by atoms with Crippen LogP contribution in [0.15, 0.2) is 91.3 Å². The number of hydrogen-bond acceptors (Lipinski definition) is 5. The van der Waals surface area contributed by atoms with Crippen LogP contribution >= 0.6 is 0 Å². The number of carboxylic acid groups (broad SMARTS) is 1. The smallest absolute Gasteiger partial charge is 0.313 e. The fourth-order valence-electron chi connectivity index (χ4n) is 3.57. The molecule has 6 heteroatoms. The highest BCUT2D eigenvalue weighted by Crippen LogP contribution is 2.35. The molecule has 0 bridgehead atoms. The summed E-state index contributed by atoms with van der Waals surface area (Å²) in [6, 6.07) is 27.1. The predicted molar refractivity (Wildman–Crippen MR) is 129 cm³/mol. The molecule has 3 aromatic carbocycles. The molecule has 1 N–H and O–H groups in total. The van der Waals surface area contributed by atoms with Gasteiger partial charge in [-0.3, -0.25) is 4.79 Å². The predicted octanol–water partition coefficient (Wildman–Crippen LogP) is 5.35. The monoisotopic (exact) mass is 454 g/mol. The fraction of sp³-hybridized carbons (Fsp3) is 0.179. The summed E-state index contributed by atoms with van der Waals surface area (Å²) in [4.78, 5) is 21.0. The van der Waals surface area contributed by atoms with E-state index in [1.54, 1.807) is 0 Å². The van der Waals surface area contributed by atoms with E-state index in [4.69, 9.17) is 9.47 Å². The summed E-state index contributed by atoms with van der Waals surface area (Å²) >= 11 is 0. The Kier molecular flexibility index (Phi) is 7.50. The van der Waals surface area contributed by atoms with E-state index < -0.39 is 11.9 Å². The quantitative estimate of drug-likeness (QED) is 0.348. The van der Waals surface area contributed by atoms with Crippen molar-refractivity contribution in [3.8, 4) is 11.6 Å². The standard InChI is InChI=1S/C28H26N2O4/c1-20-12-14-21(15-13-20)16-24(28(31)32)25-26(33-17-22-8-4-2-5-9-22)27(30-19-29-25)34-18-23-10-6-3-7-11-23/h2-15,19,24H,16-18H2,1H3,(H,31,32). The highest BCUT2D eigenvalue weighted by molar-refractivity contribution is 5.77. The minimum absolute atomic E-state index is 0.222. The molecular formula is C28H26N2O4. The Bertz CT molecular complexity index is 1210. The van der Waals surface area contributed by atoms with E-state index >= 15 is 0 Å². The van der Waals surface area contributed by atoms with Crippen LogP contribution in [0.2, 0.25) is 0 Å². The lowest BCUT2D eigenvalue weighted by atomic mass is 9.95. The number of aliphatic carboxylic acids is 1. The maximum Gasteiger partial charge on any atom is 0.313 e. The zero-order chi connectivity index (χ0) is 23.8. The molecule has 4 aromatic rings. The van der Waals surface area contributed by atoms with E-state index in [1.807, 2.05) is 91.9 Å². The van der Waals surface area contributed by atoms with Crippen LogP contribution in [0, 0.1) is 6.92 Å². The summed E-state index contributed by atoms with van der Waals surface area (Å²) in [5.74, 6) is -1.44. The van der Waals surface area contributed by atoms with E-state index in [-0.39, 0.29) is 31.3 Å². The van der Waals surface area contributed by atoms with Crippen LogP contribution in [0.4, 0.5) is 0 Å². The van der Waals surface area contributed by atoms with Gasteiger partial charge in [-0.1, -0.05) is 90.5 Å². The lowest BCUT2D eigenvalue weighted by molar-refractivity contribution is -0.138. The molecule has 0 aliphatic rings. The summed E-state index contributed by atoms with van der Waals surface area (Å²) in [5, 5.41) is 10.1. The first kappa shape index (κ1) is 23.0. The van der Waals surface area contributed by atoms with Crippen molar-refractivity contribution < 1.29 is 19.4 Å². The Labute approximate surface area is 198 Å². The lowest BCUT2D eigenvalue weighted by Crippen LogP contribution is -2.18. The molecule has 0 saturated heterocycles. The molecule has 4 rings (SSSR count). The number of carbonyl (C=O) groups is 1. The van der Waals surface area contributed by atoms with Crippen molar-refractivity contribution in [1.82, 2.24) is 9.97 Å². The van der Waals surface area contributed by atoms with Gasteiger partial charge < -0.3 is 14.6 Å². The average Bonchev–Trinajstić information content (AvgIpc) is 2.87. The van der Waals surface area contributed by atoms with Gasteiger partial charge in [0.2, 0.25) is 5.75 Å². The van der Waals surface area contributed by atoms with Gasteiger partial charge in [0.25, 0.3) is 5.88 Å². The Balaban J connectivity index is 1.66. The summed E-state index contributed by atoms with van der Waals surface area (Å²) in [7, 11) is 0. The van der Waals surface area contributed by atoms with Crippen molar-refractivity contribution in [3.63, 3.8) is 0 Å². The summed E-state index contributed by atoms with van der Waals surface area (Å²) in [6.07, 6.45) is 1.60. The first-order valence-electron chi connectivity index (χ1n) is 11.1. The van der Waals surface area contributed by atoms with Crippen molar-refractivity contribution in [2.45, 2.75) is 32.5 Å². The molecule has 1 unspecified atom stereocenters. The molecule has 1 aromatic heterocycles. The van der Waals surface area contributed by atoms with Gasteiger partial charge >= 0.3 is 5.97 Å². The van der Waals surface area contributed by atoms with Crippen molar-refractivity contribution in [1.29, 1.82) is 0 Å². The van der Waals surface area contributed by atoms with Gasteiger partial charge in [0.05, 0.1) is 0 Å². The molecule has 34 heavy (non-hydrogen) atoms. The maximum absolute atomic E-state index is 12.3. The minimum Gasteiger partial charge on any atom is -0.482 e. The third-order valence-electron chi connectivity index (χ3n) is 5.43. The molecule has 0 fully saturated rings. The van der Waals surface area contributed by atoms with E-state index in [0.717, 1.165) is 22.3 Å². The molecule has 0 aliphatic heterocycles. The topological polar surface area (TPSA) is 81.5 Å².